The average molecular weight is 311 g/mol. The zero-order chi connectivity index (χ0) is 13.3. The summed E-state index contributed by atoms with van der Waals surface area (Å²) in [5.41, 5.74) is 1.68. The van der Waals surface area contributed by atoms with Gasteiger partial charge in [0.15, 0.2) is 0 Å². The van der Waals surface area contributed by atoms with Crippen molar-refractivity contribution < 1.29 is 4.79 Å². The van der Waals surface area contributed by atoms with Crippen molar-refractivity contribution in [3.8, 4) is 0 Å². The molecule has 98 valence electrons. The number of nitrogens with zero attached hydrogens (tertiary/aromatic N) is 1. The minimum atomic E-state index is -0.135. The third kappa shape index (κ3) is 2.59. The third-order valence-corrected chi connectivity index (χ3v) is 3.97. The lowest BCUT2D eigenvalue weighted by molar-refractivity contribution is 0.0476. The van der Waals surface area contributed by atoms with E-state index in [2.05, 4.69) is 35.1 Å². The van der Waals surface area contributed by atoms with Crippen molar-refractivity contribution in [1.29, 1.82) is 0 Å². The highest BCUT2D eigenvalue weighted by atomic mass is 79.9. The van der Waals surface area contributed by atoms with Gasteiger partial charge in [-0.25, -0.2) is 0 Å². The molecular formula is C14H19BrN2O. The van der Waals surface area contributed by atoms with Gasteiger partial charge in [-0.2, -0.15) is 0 Å². The van der Waals surface area contributed by atoms with Crippen LogP contribution in [0.2, 0.25) is 0 Å². The summed E-state index contributed by atoms with van der Waals surface area (Å²) in [6.07, 6.45) is 0. The van der Waals surface area contributed by atoms with E-state index in [1.54, 1.807) is 0 Å². The Bertz CT molecular complexity index is 471. The summed E-state index contributed by atoms with van der Waals surface area (Å²) in [4.78, 5) is 14.6. The second-order valence-electron chi connectivity index (χ2n) is 5.41. The van der Waals surface area contributed by atoms with Gasteiger partial charge in [-0.05, 0) is 38.5 Å². The van der Waals surface area contributed by atoms with E-state index in [4.69, 9.17) is 0 Å². The molecule has 1 aromatic rings. The number of hydrogen-bond acceptors (Lipinski definition) is 2. The molecule has 0 aromatic heterocycles. The number of carbonyl (C=O) groups is 1. The van der Waals surface area contributed by atoms with E-state index in [9.17, 15) is 4.79 Å². The maximum Gasteiger partial charge on any atom is 0.254 e. The van der Waals surface area contributed by atoms with Crippen LogP contribution in [0, 0.1) is 6.92 Å². The molecule has 1 fully saturated rings. The smallest absolute Gasteiger partial charge is 0.254 e. The van der Waals surface area contributed by atoms with Crippen molar-refractivity contribution in [1.82, 2.24) is 10.2 Å². The normalized spacial score (nSPS) is 18.8. The van der Waals surface area contributed by atoms with Crippen LogP contribution in [0.1, 0.15) is 29.8 Å². The second kappa shape index (κ2) is 5.02. The average Bonchev–Trinajstić information content (AvgIpc) is 2.31. The fourth-order valence-corrected chi connectivity index (χ4v) is 2.69. The van der Waals surface area contributed by atoms with Crippen LogP contribution in [0.4, 0.5) is 0 Å². The molecule has 1 N–H and O–H groups in total. The highest BCUT2D eigenvalue weighted by molar-refractivity contribution is 9.10. The Morgan fingerprint density at radius 3 is 2.83 bits per heavy atom. The largest absolute Gasteiger partial charge is 0.331 e. The lowest BCUT2D eigenvalue weighted by Gasteiger charge is -2.43. The first-order valence-corrected chi connectivity index (χ1v) is 7.00. The molecule has 0 saturated carbocycles. The molecule has 0 bridgehead atoms. The first-order valence-electron chi connectivity index (χ1n) is 6.21. The van der Waals surface area contributed by atoms with Crippen molar-refractivity contribution in [2.24, 2.45) is 0 Å². The van der Waals surface area contributed by atoms with Crippen LogP contribution < -0.4 is 5.32 Å². The molecule has 1 aromatic carbocycles. The Morgan fingerprint density at radius 2 is 2.17 bits per heavy atom. The number of carbonyl (C=O) groups excluding carboxylic acids is 1. The molecule has 3 nitrogen and oxygen atoms in total. The molecule has 0 unspecified atom stereocenters. The summed E-state index contributed by atoms with van der Waals surface area (Å²) < 4.78 is 0.949. The van der Waals surface area contributed by atoms with Gasteiger partial charge < -0.3 is 10.2 Å². The van der Waals surface area contributed by atoms with E-state index < -0.39 is 0 Å². The minimum absolute atomic E-state index is 0.125. The molecule has 18 heavy (non-hydrogen) atoms. The number of nitrogens with one attached hydrogen (secondary N) is 1. The van der Waals surface area contributed by atoms with Gasteiger partial charge in [0.2, 0.25) is 0 Å². The van der Waals surface area contributed by atoms with E-state index in [-0.39, 0.29) is 11.4 Å². The van der Waals surface area contributed by atoms with Gasteiger partial charge >= 0.3 is 0 Å². The highest BCUT2D eigenvalue weighted by Gasteiger charge is 2.34. The number of benzene rings is 1. The Labute approximate surface area is 117 Å². The molecule has 2 rings (SSSR count). The van der Waals surface area contributed by atoms with Gasteiger partial charge in [0, 0.05) is 29.7 Å². The first-order chi connectivity index (χ1) is 8.42. The number of hydrogen-bond donors (Lipinski definition) is 1. The third-order valence-electron chi connectivity index (χ3n) is 3.48. The van der Waals surface area contributed by atoms with Crippen molar-refractivity contribution in [3.63, 3.8) is 0 Å². The van der Waals surface area contributed by atoms with Gasteiger partial charge in [-0.3, -0.25) is 4.79 Å². The molecule has 0 atom stereocenters. The highest BCUT2D eigenvalue weighted by Crippen LogP contribution is 2.23. The molecule has 1 saturated heterocycles. The molecule has 1 amide bonds. The Hall–Kier alpha value is -0.870. The molecule has 1 heterocycles. The monoisotopic (exact) mass is 310 g/mol. The maximum atomic E-state index is 12.7. The van der Waals surface area contributed by atoms with Gasteiger partial charge in [0.25, 0.3) is 5.91 Å². The van der Waals surface area contributed by atoms with Crippen LogP contribution in [0.25, 0.3) is 0 Å². The summed E-state index contributed by atoms with van der Waals surface area (Å²) in [5, 5.41) is 3.33. The van der Waals surface area contributed by atoms with Crippen LogP contribution in [0.5, 0.6) is 0 Å². The van der Waals surface area contributed by atoms with E-state index >= 15 is 0 Å². The summed E-state index contributed by atoms with van der Waals surface area (Å²) >= 11 is 3.43. The number of halogens is 1. The zero-order valence-corrected chi connectivity index (χ0v) is 12.7. The lowest BCUT2D eigenvalue weighted by Crippen LogP contribution is -2.59. The summed E-state index contributed by atoms with van der Waals surface area (Å²) in [7, 11) is 0. The number of amides is 1. The number of piperazine rings is 1. The molecule has 0 aliphatic carbocycles. The van der Waals surface area contributed by atoms with Gasteiger partial charge in [-0.15, -0.1) is 0 Å². The van der Waals surface area contributed by atoms with E-state index in [1.807, 2.05) is 30.0 Å². The zero-order valence-electron chi connectivity index (χ0n) is 11.1. The van der Waals surface area contributed by atoms with E-state index in [0.29, 0.717) is 0 Å². The van der Waals surface area contributed by atoms with Gasteiger partial charge in [0.05, 0.1) is 5.54 Å². The predicted molar refractivity (Wildman–Crippen MR) is 76.9 cm³/mol. The summed E-state index contributed by atoms with van der Waals surface area (Å²) in [5.74, 6) is 0.125. The van der Waals surface area contributed by atoms with Crippen LogP contribution in [0.15, 0.2) is 22.7 Å². The lowest BCUT2D eigenvalue weighted by atomic mass is 9.97. The molecule has 4 heteroatoms. The van der Waals surface area contributed by atoms with Crippen molar-refractivity contribution in [3.05, 3.63) is 33.8 Å². The van der Waals surface area contributed by atoms with E-state index in [0.717, 1.165) is 35.2 Å². The van der Waals surface area contributed by atoms with Gasteiger partial charge in [-0.1, -0.05) is 22.0 Å². The molecule has 0 spiro atoms. The Kier molecular flexibility index (Phi) is 3.78. The maximum absolute atomic E-state index is 12.7. The van der Waals surface area contributed by atoms with Gasteiger partial charge in [0.1, 0.15) is 0 Å². The second-order valence-corrected chi connectivity index (χ2v) is 6.32. The topological polar surface area (TPSA) is 32.3 Å². The standard InChI is InChI=1S/C14H19BrN2O/c1-10-4-5-11(15)8-12(10)13(18)17-7-6-16-9-14(17,2)3/h4-5,8,16H,6-7,9H2,1-3H3. The van der Waals surface area contributed by atoms with Crippen LogP contribution in [0.3, 0.4) is 0 Å². The molecular weight excluding hydrogens is 292 g/mol. The Morgan fingerprint density at radius 1 is 1.44 bits per heavy atom. The van der Waals surface area contributed by atoms with Crippen molar-refractivity contribution >= 4 is 21.8 Å². The number of aryl methyl sites for hydroxylation is 1. The Balaban J connectivity index is 2.33. The molecule has 1 aliphatic heterocycles. The van der Waals surface area contributed by atoms with Crippen LogP contribution in [-0.4, -0.2) is 36.0 Å². The minimum Gasteiger partial charge on any atom is -0.331 e. The van der Waals surface area contributed by atoms with Crippen LogP contribution >= 0.6 is 15.9 Å². The molecule has 0 radical (unpaired) electrons. The fraction of sp³-hybridized carbons (Fsp3) is 0.500. The molecule has 1 aliphatic rings. The first kappa shape index (κ1) is 13.6. The predicted octanol–water partition coefficient (Wildman–Crippen LogP) is 2.58. The fourth-order valence-electron chi connectivity index (χ4n) is 2.33. The summed E-state index contributed by atoms with van der Waals surface area (Å²) in [6, 6.07) is 5.86. The van der Waals surface area contributed by atoms with Crippen molar-refractivity contribution in [2.45, 2.75) is 26.3 Å². The van der Waals surface area contributed by atoms with E-state index in [1.165, 1.54) is 0 Å². The SMILES string of the molecule is Cc1ccc(Br)cc1C(=O)N1CCNCC1(C)C. The number of rotatable bonds is 1. The van der Waals surface area contributed by atoms with Crippen molar-refractivity contribution in [2.75, 3.05) is 19.6 Å². The summed E-state index contributed by atoms with van der Waals surface area (Å²) in [6.45, 7) is 8.65. The van der Waals surface area contributed by atoms with Crippen LogP contribution in [-0.2, 0) is 0 Å². The quantitative estimate of drug-likeness (QED) is 0.864.